The van der Waals surface area contributed by atoms with Gasteiger partial charge >= 0.3 is 5.97 Å². The Morgan fingerprint density at radius 1 is 1.53 bits per heavy atom. The van der Waals surface area contributed by atoms with Crippen molar-refractivity contribution in [2.75, 3.05) is 13.7 Å². The molecule has 1 rings (SSSR count). The molecule has 0 aromatic heterocycles. The van der Waals surface area contributed by atoms with Gasteiger partial charge in [-0.05, 0) is 25.7 Å². The summed E-state index contributed by atoms with van der Waals surface area (Å²) in [6, 6.07) is 0.497. The summed E-state index contributed by atoms with van der Waals surface area (Å²) in [4.78, 5) is 10.9. The highest BCUT2D eigenvalue weighted by Gasteiger charge is 2.23. The fourth-order valence-electron chi connectivity index (χ4n) is 2.12. The maximum absolute atomic E-state index is 11.1. The molecule has 0 aliphatic heterocycles. The Kier molecular flexibility index (Phi) is 5.61. The predicted octanol–water partition coefficient (Wildman–Crippen LogP) is 2.09. The normalized spacial score (nSPS) is 21.3. The van der Waals surface area contributed by atoms with E-state index in [0.717, 1.165) is 5.92 Å². The van der Waals surface area contributed by atoms with Crippen LogP contribution >= 0.6 is 15.9 Å². The van der Waals surface area contributed by atoms with Crippen molar-refractivity contribution in [2.45, 2.75) is 43.5 Å². The number of esters is 1. The first-order valence-electron chi connectivity index (χ1n) is 5.60. The van der Waals surface area contributed by atoms with E-state index in [9.17, 15) is 4.79 Å². The zero-order valence-corrected chi connectivity index (χ0v) is 11.0. The molecule has 0 bridgehead atoms. The van der Waals surface area contributed by atoms with Gasteiger partial charge in [0.1, 0.15) is 4.83 Å². The monoisotopic (exact) mass is 277 g/mol. The topological polar surface area (TPSA) is 38.3 Å². The minimum Gasteiger partial charge on any atom is -0.468 e. The van der Waals surface area contributed by atoms with Crippen LogP contribution in [0.4, 0.5) is 0 Å². The Bertz CT molecular complexity index is 205. The minimum absolute atomic E-state index is 0.207. The van der Waals surface area contributed by atoms with Crippen LogP contribution in [0.5, 0.6) is 0 Å². The first kappa shape index (κ1) is 13.0. The summed E-state index contributed by atoms with van der Waals surface area (Å²) in [6.45, 7) is 2.84. The Balaban J connectivity index is 2.20. The molecule has 0 spiro atoms. The lowest BCUT2D eigenvalue weighted by atomic mass is 10.00. The summed E-state index contributed by atoms with van der Waals surface area (Å²) in [7, 11) is 1.41. The van der Waals surface area contributed by atoms with Crippen LogP contribution in [0.3, 0.4) is 0 Å². The van der Waals surface area contributed by atoms with Gasteiger partial charge in [0.15, 0.2) is 0 Å². The highest BCUT2D eigenvalue weighted by Crippen LogP contribution is 2.27. The first-order valence-corrected chi connectivity index (χ1v) is 6.52. The first-order chi connectivity index (χ1) is 7.15. The predicted molar refractivity (Wildman–Crippen MR) is 64.2 cm³/mol. The van der Waals surface area contributed by atoms with E-state index in [1.165, 1.54) is 32.8 Å². The van der Waals surface area contributed by atoms with E-state index in [-0.39, 0.29) is 10.8 Å². The molecular formula is C11H20BrNO2. The number of ether oxygens (including phenoxy) is 1. The maximum atomic E-state index is 11.1. The second kappa shape index (κ2) is 6.48. The van der Waals surface area contributed by atoms with Crippen LogP contribution in [0.15, 0.2) is 0 Å². The molecule has 0 aromatic rings. The fraction of sp³-hybridized carbons (Fsp3) is 0.909. The van der Waals surface area contributed by atoms with Crippen LogP contribution in [-0.4, -0.2) is 30.5 Å². The van der Waals surface area contributed by atoms with Gasteiger partial charge in [0.2, 0.25) is 0 Å². The van der Waals surface area contributed by atoms with E-state index in [1.807, 2.05) is 0 Å². The van der Waals surface area contributed by atoms with Gasteiger partial charge in [0.05, 0.1) is 7.11 Å². The average molecular weight is 278 g/mol. The third-order valence-corrected chi connectivity index (χ3v) is 3.88. The van der Waals surface area contributed by atoms with E-state index in [2.05, 4.69) is 32.9 Å². The zero-order valence-electron chi connectivity index (χ0n) is 9.46. The van der Waals surface area contributed by atoms with Crippen molar-refractivity contribution in [2.24, 2.45) is 5.92 Å². The summed E-state index contributed by atoms with van der Waals surface area (Å²) < 4.78 is 4.64. The number of halogens is 1. The van der Waals surface area contributed by atoms with Crippen LogP contribution in [0, 0.1) is 5.92 Å². The van der Waals surface area contributed by atoms with E-state index in [4.69, 9.17) is 0 Å². The molecule has 88 valence electrons. The molecule has 2 atom stereocenters. The van der Waals surface area contributed by atoms with E-state index in [0.29, 0.717) is 12.6 Å². The summed E-state index contributed by atoms with van der Waals surface area (Å²) >= 11 is 3.30. The molecule has 0 radical (unpaired) electrons. The van der Waals surface area contributed by atoms with Crippen molar-refractivity contribution < 1.29 is 9.53 Å². The molecule has 0 heterocycles. The van der Waals surface area contributed by atoms with Crippen molar-refractivity contribution in [3.05, 3.63) is 0 Å². The summed E-state index contributed by atoms with van der Waals surface area (Å²) in [6.07, 6.45) is 5.34. The van der Waals surface area contributed by atoms with Crippen LogP contribution in [0.25, 0.3) is 0 Å². The average Bonchev–Trinajstić information content (AvgIpc) is 2.77. The van der Waals surface area contributed by atoms with Crippen molar-refractivity contribution in [1.29, 1.82) is 0 Å². The van der Waals surface area contributed by atoms with Gasteiger partial charge in [-0.2, -0.15) is 0 Å². The van der Waals surface area contributed by atoms with E-state index < -0.39 is 0 Å². The number of carbonyl (C=O) groups excluding carboxylic acids is 1. The molecular weight excluding hydrogens is 258 g/mol. The molecule has 1 aliphatic carbocycles. The van der Waals surface area contributed by atoms with Crippen LogP contribution in [-0.2, 0) is 9.53 Å². The van der Waals surface area contributed by atoms with Gasteiger partial charge in [-0.3, -0.25) is 4.79 Å². The van der Waals surface area contributed by atoms with E-state index in [1.54, 1.807) is 0 Å². The lowest BCUT2D eigenvalue weighted by Crippen LogP contribution is -2.38. The molecule has 1 N–H and O–H groups in total. The molecule has 15 heavy (non-hydrogen) atoms. The summed E-state index contributed by atoms with van der Waals surface area (Å²) in [5, 5.41) is 3.39. The zero-order chi connectivity index (χ0) is 11.3. The van der Waals surface area contributed by atoms with E-state index >= 15 is 0 Å². The minimum atomic E-state index is -0.230. The van der Waals surface area contributed by atoms with Crippen molar-refractivity contribution in [3.63, 3.8) is 0 Å². The number of hydrogen-bond donors (Lipinski definition) is 1. The number of alkyl halides is 1. The van der Waals surface area contributed by atoms with Crippen molar-refractivity contribution in [1.82, 2.24) is 5.32 Å². The summed E-state index contributed by atoms with van der Waals surface area (Å²) in [5.74, 6) is 0.573. The molecule has 1 fully saturated rings. The largest absolute Gasteiger partial charge is 0.468 e. The van der Waals surface area contributed by atoms with Gasteiger partial charge in [0.25, 0.3) is 0 Å². The number of carbonyl (C=O) groups is 1. The molecule has 4 heteroatoms. The molecule has 1 saturated carbocycles. The Morgan fingerprint density at radius 3 is 2.67 bits per heavy atom. The number of hydrogen-bond acceptors (Lipinski definition) is 3. The standard InChI is InChI=1S/C11H20BrNO2/c1-8(9-5-3-4-6-9)13-7-10(12)11(14)15-2/h8-10,13H,3-7H2,1-2H3/t8-,10?/m1/s1. The number of nitrogens with one attached hydrogen (secondary N) is 1. The van der Waals surface area contributed by atoms with Gasteiger partial charge in [0, 0.05) is 12.6 Å². The van der Waals surface area contributed by atoms with Gasteiger partial charge < -0.3 is 10.1 Å². The maximum Gasteiger partial charge on any atom is 0.320 e. The second-order valence-electron chi connectivity index (χ2n) is 4.23. The van der Waals surface area contributed by atoms with Gasteiger partial charge in [-0.1, -0.05) is 28.8 Å². The fourth-order valence-corrected chi connectivity index (χ4v) is 2.50. The molecule has 0 saturated heterocycles. The Morgan fingerprint density at radius 2 is 2.13 bits per heavy atom. The highest BCUT2D eigenvalue weighted by atomic mass is 79.9. The van der Waals surface area contributed by atoms with Crippen LogP contribution in [0.2, 0.25) is 0 Å². The quantitative estimate of drug-likeness (QED) is 0.618. The van der Waals surface area contributed by atoms with Gasteiger partial charge in [-0.25, -0.2) is 0 Å². The SMILES string of the molecule is COC(=O)C(Br)CN[C@H](C)C1CCCC1. The lowest BCUT2D eigenvalue weighted by molar-refractivity contribution is -0.139. The van der Waals surface area contributed by atoms with Crippen LogP contribution in [0.1, 0.15) is 32.6 Å². The summed E-state index contributed by atoms with van der Waals surface area (Å²) in [5.41, 5.74) is 0. The van der Waals surface area contributed by atoms with Crippen LogP contribution < -0.4 is 5.32 Å². The lowest BCUT2D eigenvalue weighted by Gasteiger charge is -2.21. The molecule has 1 aliphatic rings. The third-order valence-electron chi connectivity index (χ3n) is 3.18. The Labute approximate surface area is 100 Å². The Hall–Kier alpha value is -0.0900. The highest BCUT2D eigenvalue weighted by molar-refractivity contribution is 9.10. The molecule has 0 aromatic carbocycles. The molecule has 3 nitrogen and oxygen atoms in total. The smallest absolute Gasteiger partial charge is 0.320 e. The molecule has 1 unspecified atom stereocenters. The van der Waals surface area contributed by atoms with Crippen molar-refractivity contribution >= 4 is 21.9 Å². The third kappa shape index (κ3) is 4.11. The number of rotatable bonds is 5. The van der Waals surface area contributed by atoms with Crippen molar-refractivity contribution in [3.8, 4) is 0 Å². The number of methoxy groups -OCH3 is 1. The second-order valence-corrected chi connectivity index (χ2v) is 5.34. The van der Waals surface area contributed by atoms with Gasteiger partial charge in [-0.15, -0.1) is 0 Å². The molecule has 0 amide bonds.